The molecule has 0 saturated heterocycles. The first kappa shape index (κ1) is 14.2. The molecule has 1 aromatic rings. The number of hydrogen-bond donors (Lipinski definition) is 1. The zero-order chi connectivity index (χ0) is 12.5. The Hall–Kier alpha value is -0.860. The molecule has 96 valence electrons. The van der Waals surface area contributed by atoms with Crippen molar-refractivity contribution < 1.29 is 4.74 Å². The third kappa shape index (κ3) is 5.85. The van der Waals surface area contributed by atoms with Crippen molar-refractivity contribution >= 4 is 0 Å². The number of rotatable bonds is 8. The van der Waals surface area contributed by atoms with Crippen LogP contribution in [-0.2, 0) is 4.74 Å². The monoisotopic (exact) mass is 235 g/mol. The van der Waals surface area contributed by atoms with Gasteiger partial charge in [0.05, 0.1) is 6.10 Å². The van der Waals surface area contributed by atoms with Crippen LogP contribution < -0.4 is 5.32 Å². The maximum atomic E-state index is 5.47. The van der Waals surface area contributed by atoms with E-state index in [-0.39, 0.29) is 0 Å². The molecule has 0 heterocycles. The molecule has 2 heteroatoms. The van der Waals surface area contributed by atoms with Gasteiger partial charge in [0, 0.05) is 13.2 Å². The fraction of sp³-hybridized carbons (Fsp3) is 0.600. The van der Waals surface area contributed by atoms with Crippen LogP contribution in [0.25, 0.3) is 0 Å². The van der Waals surface area contributed by atoms with E-state index in [1.165, 1.54) is 12.0 Å². The lowest BCUT2D eigenvalue weighted by atomic mass is 9.98. The average molecular weight is 235 g/mol. The molecule has 0 aliphatic heterocycles. The van der Waals surface area contributed by atoms with Crippen LogP contribution in [0.2, 0.25) is 0 Å². The molecule has 0 aromatic heterocycles. The summed E-state index contributed by atoms with van der Waals surface area (Å²) in [6, 6.07) is 10.7. The quantitative estimate of drug-likeness (QED) is 0.699. The summed E-state index contributed by atoms with van der Waals surface area (Å²) in [5, 5.41) is 3.45. The van der Waals surface area contributed by atoms with Crippen molar-refractivity contribution in [3.05, 3.63) is 35.9 Å². The van der Waals surface area contributed by atoms with Crippen LogP contribution in [0.3, 0.4) is 0 Å². The third-order valence-electron chi connectivity index (χ3n) is 3.01. The van der Waals surface area contributed by atoms with Gasteiger partial charge >= 0.3 is 0 Å². The Bertz CT molecular complexity index is 286. The van der Waals surface area contributed by atoms with Gasteiger partial charge in [-0.15, -0.1) is 0 Å². The molecule has 1 N–H and O–H groups in total. The molecule has 1 aromatic carbocycles. The summed E-state index contributed by atoms with van der Waals surface area (Å²) in [6.45, 7) is 9.21. The van der Waals surface area contributed by atoms with Crippen molar-refractivity contribution in [1.29, 1.82) is 0 Å². The molecule has 0 bridgehead atoms. The molecule has 2 unspecified atom stereocenters. The van der Waals surface area contributed by atoms with Gasteiger partial charge in [0.25, 0.3) is 0 Å². The van der Waals surface area contributed by atoms with E-state index >= 15 is 0 Å². The fourth-order valence-electron chi connectivity index (χ4n) is 1.92. The lowest BCUT2D eigenvalue weighted by molar-refractivity contribution is 0.0761. The Morgan fingerprint density at radius 2 is 1.88 bits per heavy atom. The Morgan fingerprint density at radius 3 is 2.53 bits per heavy atom. The molecular formula is C15H25NO. The first-order valence-corrected chi connectivity index (χ1v) is 6.61. The van der Waals surface area contributed by atoms with E-state index in [4.69, 9.17) is 4.74 Å². The van der Waals surface area contributed by atoms with Gasteiger partial charge in [-0.3, -0.25) is 0 Å². The van der Waals surface area contributed by atoms with E-state index in [1.807, 2.05) is 6.92 Å². The van der Waals surface area contributed by atoms with Crippen LogP contribution in [0.1, 0.15) is 38.7 Å². The minimum atomic E-state index is 0.312. The molecule has 2 nitrogen and oxygen atoms in total. The Morgan fingerprint density at radius 1 is 1.18 bits per heavy atom. The fourth-order valence-corrected chi connectivity index (χ4v) is 1.92. The lowest BCUT2D eigenvalue weighted by Crippen LogP contribution is -2.28. The van der Waals surface area contributed by atoms with Crippen LogP contribution in [-0.4, -0.2) is 25.8 Å². The van der Waals surface area contributed by atoms with Gasteiger partial charge in [-0.25, -0.2) is 0 Å². The summed E-state index contributed by atoms with van der Waals surface area (Å²) in [6.07, 6.45) is 1.48. The summed E-state index contributed by atoms with van der Waals surface area (Å²) < 4.78 is 5.47. The van der Waals surface area contributed by atoms with Gasteiger partial charge in [0.15, 0.2) is 0 Å². The van der Waals surface area contributed by atoms with Gasteiger partial charge in [0.1, 0.15) is 0 Å². The standard InChI is InChI=1S/C15H25NO/c1-4-17-14(3)12-16-11-10-13(2)15-8-6-5-7-9-15/h5-9,13-14,16H,4,10-12H2,1-3H3. The number of hydrogen-bond acceptors (Lipinski definition) is 2. The van der Waals surface area contributed by atoms with Crippen LogP contribution >= 0.6 is 0 Å². The Labute approximate surface area is 105 Å². The van der Waals surface area contributed by atoms with Crippen molar-refractivity contribution in [2.45, 2.75) is 39.2 Å². The van der Waals surface area contributed by atoms with E-state index < -0.39 is 0 Å². The maximum Gasteiger partial charge on any atom is 0.0671 e. The second-order valence-electron chi connectivity index (χ2n) is 4.57. The highest BCUT2D eigenvalue weighted by molar-refractivity contribution is 5.18. The number of nitrogens with one attached hydrogen (secondary N) is 1. The van der Waals surface area contributed by atoms with E-state index in [2.05, 4.69) is 49.5 Å². The van der Waals surface area contributed by atoms with Crippen molar-refractivity contribution in [2.24, 2.45) is 0 Å². The second kappa shape index (κ2) is 8.26. The third-order valence-corrected chi connectivity index (χ3v) is 3.01. The summed E-state index contributed by atoms with van der Waals surface area (Å²) in [4.78, 5) is 0. The molecule has 0 fully saturated rings. The first-order valence-electron chi connectivity index (χ1n) is 6.61. The van der Waals surface area contributed by atoms with Gasteiger partial charge in [0.2, 0.25) is 0 Å². The largest absolute Gasteiger partial charge is 0.377 e. The summed E-state index contributed by atoms with van der Waals surface area (Å²) >= 11 is 0. The molecule has 0 aliphatic carbocycles. The van der Waals surface area contributed by atoms with Gasteiger partial charge in [-0.2, -0.15) is 0 Å². The molecule has 0 aliphatic rings. The molecule has 2 atom stereocenters. The minimum absolute atomic E-state index is 0.312. The highest BCUT2D eigenvalue weighted by Crippen LogP contribution is 2.17. The van der Waals surface area contributed by atoms with Crippen molar-refractivity contribution in [3.8, 4) is 0 Å². The van der Waals surface area contributed by atoms with E-state index in [0.717, 1.165) is 19.7 Å². The molecule has 17 heavy (non-hydrogen) atoms. The van der Waals surface area contributed by atoms with Crippen molar-refractivity contribution in [2.75, 3.05) is 19.7 Å². The van der Waals surface area contributed by atoms with Crippen LogP contribution in [0.15, 0.2) is 30.3 Å². The highest BCUT2D eigenvalue weighted by Gasteiger charge is 2.05. The highest BCUT2D eigenvalue weighted by atomic mass is 16.5. The van der Waals surface area contributed by atoms with Crippen LogP contribution in [0, 0.1) is 0 Å². The topological polar surface area (TPSA) is 21.3 Å². The molecular weight excluding hydrogens is 210 g/mol. The molecule has 0 spiro atoms. The minimum Gasteiger partial charge on any atom is -0.377 e. The lowest BCUT2D eigenvalue weighted by Gasteiger charge is -2.15. The van der Waals surface area contributed by atoms with Crippen LogP contribution in [0.4, 0.5) is 0 Å². The van der Waals surface area contributed by atoms with Gasteiger partial charge < -0.3 is 10.1 Å². The smallest absolute Gasteiger partial charge is 0.0671 e. The number of benzene rings is 1. The predicted molar refractivity (Wildman–Crippen MR) is 73.4 cm³/mol. The van der Waals surface area contributed by atoms with Gasteiger partial charge in [-0.05, 0) is 38.3 Å². The summed E-state index contributed by atoms with van der Waals surface area (Å²) in [7, 11) is 0. The molecule has 0 radical (unpaired) electrons. The van der Waals surface area contributed by atoms with E-state index in [9.17, 15) is 0 Å². The van der Waals surface area contributed by atoms with Crippen molar-refractivity contribution in [1.82, 2.24) is 5.32 Å². The SMILES string of the molecule is CCOC(C)CNCCC(C)c1ccccc1. The zero-order valence-electron chi connectivity index (χ0n) is 11.3. The molecule has 1 rings (SSSR count). The van der Waals surface area contributed by atoms with E-state index in [1.54, 1.807) is 0 Å². The summed E-state index contributed by atoms with van der Waals surface area (Å²) in [5.41, 5.74) is 1.42. The Kier molecular flexibility index (Phi) is 6.90. The average Bonchev–Trinajstić information content (AvgIpc) is 2.36. The summed E-state index contributed by atoms with van der Waals surface area (Å²) in [5.74, 6) is 0.617. The van der Waals surface area contributed by atoms with Gasteiger partial charge in [-0.1, -0.05) is 37.3 Å². The predicted octanol–water partition coefficient (Wildman–Crippen LogP) is 3.19. The maximum absolute atomic E-state index is 5.47. The van der Waals surface area contributed by atoms with E-state index in [0.29, 0.717) is 12.0 Å². The molecule has 0 amide bonds. The number of ether oxygens (including phenoxy) is 1. The zero-order valence-corrected chi connectivity index (χ0v) is 11.3. The first-order chi connectivity index (χ1) is 8.24. The van der Waals surface area contributed by atoms with Crippen molar-refractivity contribution in [3.63, 3.8) is 0 Å². The normalized spacial score (nSPS) is 14.5. The Balaban J connectivity index is 2.14. The van der Waals surface area contributed by atoms with Crippen LogP contribution in [0.5, 0.6) is 0 Å². The second-order valence-corrected chi connectivity index (χ2v) is 4.57. The molecule has 0 saturated carbocycles.